The number of rotatable bonds is 5. The van der Waals surface area contributed by atoms with Crippen molar-refractivity contribution in [1.29, 1.82) is 0 Å². The molecule has 0 unspecified atom stereocenters. The van der Waals surface area contributed by atoms with Gasteiger partial charge < -0.3 is 14.0 Å². The first-order valence-corrected chi connectivity index (χ1v) is 11.2. The van der Waals surface area contributed by atoms with Gasteiger partial charge in [0.1, 0.15) is 0 Å². The van der Waals surface area contributed by atoms with Crippen molar-refractivity contribution in [3.63, 3.8) is 0 Å². The standard InChI is InChI=1S/C20H16N4O4S2/c1-24-19(25)13-7-15-16(27-10-26-15)8-14(13)21-20(24)30-9-17-22-18(23-28-17)11-3-5-12(29-2)6-4-11/h3-8H,9-10H2,1-2H3. The Hall–Kier alpha value is -2.98. The minimum Gasteiger partial charge on any atom is -0.454 e. The monoisotopic (exact) mass is 440 g/mol. The van der Waals surface area contributed by atoms with E-state index in [1.165, 1.54) is 21.2 Å². The zero-order valence-electron chi connectivity index (χ0n) is 16.1. The van der Waals surface area contributed by atoms with Crippen LogP contribution in [0.15, 0.2) is 55.8 Å². The van der Waals surface area contributed by atoms with Crippen molar-refractivity contribution in [3.05, 3.63) is 52.6 Å². The Morgan fingerprint density at radius 1 is 1.10 bits per heavy atom. The van der Waals surface area contributed by atoms with Crippen LogP contribution in [0.3, 0.4) is 0 Å². The number of hydrogen-bond acceptors (Lipinski definition) is 9. The quantitative estimate of drug-likeness (QED) is 0.340. The molecular weight excluding hydrogens is 424 g/mol. The number of fused-ring (bicyclic) bond motifs is 2. The summed E-state index contributed by atoms with van der Waals surface area (Å²) in [6.45, 7) is 0.146. The average molecular weight is 441 g/mol. The van der Waals surface area contributed by atoms with Crippen LogP contribution in [0.4, 0.5) is 0 Å². The van der Waals surface area contributed by atoms with Crippen LogP contribution in [0.25, 0.3) is 22.3 Å². The number of benzene rings is 2. The first kappa shape index (κ1) is 19.0. The summed E-state index contributed by atoms with van der Waals surface area (Å²) >= 11 is 3.03. The van der Waals surface area contributed by atoms with Gasteiger partial charge in [-0.25, -0.2) is 4.98 Å². The van der Waals surface area contributed by atoms with Crippen molar-refractivity contribution < 1.29 is 14.0 Å². The minimum atomic E-state index is -0.152. The lowest BCUT2D eigenvalue weighted by Crippen LogP contribution is -2.20. The first-order valence-electron chi connectivity index (χ1n) is 9.02. The van der Waals surface area contributed by atoms with Crippen molar-refractivity contribution in [2.75, 3.05) is 13.0 Å². The molecule has 30 heavy (non-hydrogen) atoms. The second kappa shape index (κ2) is 7.69. The number of ether oxygens (including phenoxy) is 2. The Kier molecular flexibility index (Phi) is 4.87. The van der Waals surface area contributed by atoms with Gasteiger partial charge in [0.2, 0.25) is 18.5 Å². The van der Waals surface area contributed by atoms with Crippen LogP contribution in [0.5, 0.6) is 11.5 Å². The summed E-state index contributed by atoms with van der Waals surface area (Å²) in [4.78, 5) is 23.0. The lowest BCUT2D eigenvalue weighted by Gasteiger charge is -2.08. The van der Waals surface area contributed by atoms with Crippen molar-refractivity contribution in [3.8, 4) is 22.9 Å². The third-order valence-electron chi connectivity index (χ3n) is 4.67. The fraction of sp³-hybridized carbons (Fsp3) is 0.200. The van der Waals surface area contributed by atoms with Crippen molar-refractivity contribution in [1.82, 2.24) is 19.7 Å². The highest BCUT2D eigenvalue weighted by molar-refractivity contribution is 7.98. The molecule has 0 aliphatic carbocycles. The molecule has 0 bridgehead atoms. The third kappa shape index (κ3) is 3.41. The molecule has 2 aromatic carbocycles. The van der Waals surface area contributed by atoms with E-state index in [4.69, 9.17) is 14.0 Å². The number of aromatic nitrogens is 4. The summed E-state index contributed by atoms with van der Waals surface area (Å²) in [7, 11) is 1.69. The topological polar surface area (TPSA) is 92.3 Å². The van der Waals surface area contributed by atoms with E-state index in [-0.39, 0.29) is 12.4 Å². The molecule has 5 rings (SSSR count). The van der Waals surface area contributed by atoms with Gasteiger partial charge in [-0.1, -0.05) is 16.9 Å². The molecule has 1 aliphatic heterocycles. The first-order chi connectivity index (χ1) is 14.6. The fourth-order valence-corrected chi connectivity index (χ4v) is 4.28. The van der Waals surface area contributed by atoms with Crippen LogP contribution in [0.2, 0.25) is 0 Å². The Morgan fingerprint density at radius 2 is 1.87 bits per heavy atom. The summed E-state index contributed by atoms with van der Waals surface area (Å²) < 4.78 is 17.6. The molecule has 8 nitrogen and oxygen atoms in total. The Bertz CT molecular complexity index is 1300. The molecule has 0 saturated heterocycles. The molecule has 152 valence electrons. The second-order valence-corrected chi connectivity index (χ2v) is 8.33. The Morgan fingerprint density at radius 3 is 2.63 bits per heavy atom. The second-order valence-electron chi connectivity index (χ2n) is 6.51. The summed E-state index contributed by atoms with van der Waals surface area (Å²) in [5, 5.41) is 5.10. The maximum Gasteiger partial charge on any atom is 0.261 e. The van der Waals surface area contributed by atoms with Gasteiger partial charge in [-0.05, 0) is 36.6 Å². The van der Waals surface area contributed by atoms with E-state index in [1.54, 1.807) is 30.9 Å². The van der Waals surface area contributed by atoms with Gasteiger partial charge in [0.15, 0.2) is 16.7 Å². The van der Waals surface area contributed by atoms with Gasteiger partial charge >= 0.3 is 0 Å². The van der Waals surface area contributed by atoms with Crippen LogP contribution in [0.1, 0.15) is 5.89 Å². The fourth-order valence-electron chi connectivity index (χ4n) is 3.07. The average Bonchev–Trinajstić information content (AvgIpc) is 3.43. The van der Waals surface area contributed by atoms with Gasteiger partial charge in [0, 0.05) is 23.6 Å². The van der Waals surface area contributed by atoms with Gasteiger partial charge in [-0.3, -0.25) is 9.36 Å². The van der Waals surface area contributed by atoms with Gasteiger partial charge in [-0.2, -0.15) is 4.98 Å². The predicted molar refractivity (Wildman–Crippen MR) is 114 cm³/mol. The van der Waals surface area contributed by atoms with Gasteiger partial charge in [-0.15, -0.1) is 11.8 Å². The molecular formula is C20H16N4O4S2. The SMILES string of the molecule is CSc1ccc(-c2noc(CSc3nc4cc5c(cc4c(=O)n3C)OCO5)n2)cc1. The molecule has 0 fully saturated rings. The van der Waals surface area contributed by atoms with E-state index in [9.17, 15) is 4.79 Å². The van der Waals surface area contributed by atoms with E-state index in [1.807, 2.05) is 30.5 Å². The van der Waals surface area contributed by atoms with Crippen LogP contribution in [-0.2, 0) is 12.8 Å². The molecule has 10 heteroatoms. The minimum absolute atomic E-state index is 0.146. The van der Waals surface area contributed by atoms with Crippen molar-refractivity contribution in [2.24, 2.45) is 7.05 Å². The zero-order valence-corrected chi connectivity index (χ0v) is 17.7. The molecule has 0 spiro atoms. The maximum atomic E-state index is 12.8. The number of nitrogens with zero attached hydrogens (tertiary/aromatic N) is 4. The molecule has 0 radical (unpaired) electrons. The summed E-state index contributed by atoms with van der Waals surface area (Å²) in [5.41, 5.74) is 1.30. The van der Waals surface area contributed by atoms with Crippen LogP contribution < -0.4 is 15.0 Å². The normalized spacial score (nSPS) is 12.6. The Balaban J connectivity index is 1.38. The summed E-state index contributed by atoms with van der Waals surface area (Å²) in [6.07, 6.45) is 2.03. The van der Waals surface area contributed by atoms with E-state index in [2.05, 4.69) is 15.1 Å². The van der Waals surface area contributed by atoms with Gasteiger partial charge in [0.05, 0.1) is 16.7 Å². The number of hydrogen-bond donors (Lipinski definition) is 0. The molecule has 0 amide bonds. The molecule has 2 aromatic heterocycles. The highest BCUT2D eigenvalue weighted by Crippen LogP contribution is 2.35. The Labute approximate surface area is 179 Å². The van der Waals surface area contributed by atoms with Gasteiger partial charge in [0.25, 0.3) is 5.56 Å². The van der Waals surface area contributed by atoms with E-state index < -0.39 is 0 Å². The molecule has 1 aliphatic rings. The molecule has 0 saturated carbocycles. The molecule has 0 atom stereocenters. The molecule has 3 heterocycles. The van der Waals surface area contributed by atoms with Crippen LogP contribution >= 0.6 is 23.5 Å². The summed E-state index contributed by atoms with van der Waals surface area (Å²) in [6, 6.07) is 11.4. The molecule has 4 aromatic rings. The lowest BCUT2D eigenvalue weighted by atomic mass is 10.2. The highest BCUT2D eigenvalue weighted by Gasteiger charge is 2.18. The van der Waals surface area contributed by atoms with Crippen molar-refractivity contribution >= 4 is 34.4 Å². The maximum absolute atomic E-state index is 12.8. The van der Waals surface area contributed by atoms with Crippen LogP contribution in [0, 0.1) is 0 Å². The smallest absolute Gasteiger partial charge is 0.261 e. The highest BCUT2D eigenvalue weighted by atomic mass is 32.2. The van der Waals surface area contributed by atoms with E-state index in [0.717, 1.165) is 5.56 Å². The van der Waals surface area contributed by atoms with Crippen LogP contribution in [-0.4, -0.2) is 32.7 Å². The molecule has 0 N–H and O–H groups in total. The van der Waals surface area contributed by atoms with E-state index in [0.29, 0.717) is 45.0 Å². The largest absolute Gasteiger partial charge is 0.454 e. The summed E-state index contributed by atoms with van der Waals surface area (Å²) in [5.74, 6) is 2.54. The number of thioether (sulfide) groups is 2. The predicted octanol–water partition coefficient (Wildman–Crippen LogP) is 3.73. The van der Waals surface area contributed by atoms with Crippen molar-refractivity contribution in [2.45, 2.75) is 15.8 Å². The zero-order chi connectivity index (χ0) is 20.7. The lowest BCUT2D eigenvalue weighted by molar-refractivity contribution is 0.174. The van der Waals surface area contributed by atoms with E-state index >= 15 is 0 Å². The third-order valence-corrected chi connectivity index (χ3v) is 6.43.